The van der Waals surface area contributed by atoms with E-state index in [1.165, 1.54) is 6.07 Å². The van der Waals surface area contributed by atoms with E-state index >= 15 is 0 Å². The molecule has 1 aromatic carbocycles. The zero-order valence-electron chi connectivity index (χ0n) is 8.67. The summed E-state index contributed by atoms with van der Waals surface area (Å²) >= 11 is 1.60. The molecular formula is C10H11N3O2S. The predicted molar refractivity (Wildman–Crippen MR) is 63.0 cm³/mol. The number of hydrogen-bond acceptors (Lipinski definition) is 6. The second-order valence-corrected chi connectivity index (χ2v) is 4.09. The quantitative estimate of drug-likeness (QED) is 0.793. The summed E-state index contributed by atoms with van der Waals surface area (Å²) in [5.41, 5.74) is 6.51. The Morgan fingerprint density at radius 1 is 1.50 bits per heavy atom. The number of benzene rings is 1. The molecule has 5 nitrogen and oxygen atoms in total. The normalized spacial score (nSPS) is 10.6. The molecule has 0 atom stereocenters. The van der Waals surface area contributed by atoms with Crippen molar-refractivity contribution in [3.8, 4) is 17.2 Å². The van der Waals surface area contributed by atoms with Gasteiger partial charge in [0.2, 0.25) is 0 Å². The van der Waals surface area contributed by atoms with Crippen molar-refractivity contribution in [3.05, 3.63) is 24.0 Å². The number of nitrogens with zero attached hydrogens (tertiary/aromatic N) is 2. The molecule has 0 aliphatic rings. The molecule has 1 aromatic heterocycles. The Bertz CT molecular complexity index is 499. The number of aromatic hydroxyl groups is 1. The van der Waals surface area contributed by atoms with Crippen LogP contribution in [0.5, 0.6) is 5.75 Å². The number of anilines is 1. The van der Waals surface area contributed by atoms with Gasteiger partial charge in [0, 0.05) is 11.8 Å². The van der Waals surface area contributed by atoms with Gasteiger partial charge >= 0.3 is 0 Å². The smallest absolute Gasteiger partial charge is 0.261 e. The number of thioether (sulfide) groups is 1. The molecule has 0 aliphatic carbocycles. The maximum absolute atomic E-state index is 9.67. The number of rotatable bonds is 3. The summed E-state index contributed by atoms with van der Waals surface area (Å²) in [5, 5.41) is 13.5. The SMILES string of the molecule is CSCc1noc(-c2ccc(N)cc2O)n1. The van der Waals surface area contributed by atoms with Crippen LogP contribution in [0.15, 0.2) is 22.7 Å². The lowest BCUT2D eigenvalue weighted by Gasteiger charge is -1.99. The summed E-state index contributed by atoms with van der Waals surface area (Å²) in [6.45, 7) is 0. The first-order valence-electron chi connectivity index (χ1n) is 4.61. The minimum absolute atomic E-state index is 0.0411. The van der Waals surface area contributed by atoms with Crippen LogP contribution in [0.3, 0.4) is 0 Å². The molecule has 0 fully saturated rings. The molecule has 0 radical (unpaired) electrons. The van der Waals surface area contributed by atoms with Crippen molar-refractivity contribution in [1.82, 2.24) is 10.1 Å². The van der Waals surface area contributed by atoms with Gasteiger partial charge in [-0.3, -0.25) is 0 Å². The van der Waals surface area contributed by atoms with Gasteiger partial charge in [0.05, 0.1) is 11.3 Å². The van der Waals surface area contributed by atoms with Crippen LogP contribution in [-0.2, 0) is 5.75 Å². The molecule has 84 valence electrons. The van der Waals surface area contributed by atoms with Crippen LogP contribution in [0.2, 0.25) is 0 Å². The molecule has 3 N–H and O–H groups in total. The molecule has 1 heterocycles. The predicted octanol–water partition coefficient (Wildman–Crippen LogP) is 1.89. The Balaban J connectivity index is 2.35. The summed E-state index contributed by atoms with van der Waals surface area (Å²) in [5.74, 6) is 1.64. The van der Waals surface area contributed by atoms with Gasteiger partial charge in [-0.15, -0.1) is 0 Å². The average Bonchev–Trinajstić information content (AvgIpc) is 2.67. The highest BCUT2D eigenvalue weighted by atomic mass is 32.2. The van der Waals surface area contributed by atoms with E-state index in [2.05, 4.69) is 10.1 Å². The van der Waals surface area contributed by atoms with Gasteiger partial charge < -0.3 is 15.4 Å². The van der Waals surface area contributed by atoms with Crippen molar-refractivity contribution in [2.75, 3.05) is 12.0 Å². The van der Waals surface area contributed by atoms with E-state index in [4.69, 9.17) is 10.3 Å². The van der Waals surface area contributed by atoms with Crippen molar-refractivity contribution < 1.29 is 9.63 Å². The molecule has 0 saturated heterocycles. The fourth-order valence-corrected chi connectivity index (χ4v) is 1.66. The van der Waals surface area contributed by atoms with E-state index in [1.54, 1.807) is 23.9 Å². The number of phenols is 1. The summed E-state index contributed by atoms with van der Waals surface area (Å²) in [4.78, 5) is 4.16. The van der Waals surface area contributed by atoms with E-state index in [9.17, 15) is 5.11 Å². The number of hydrogen-bond donors (Lipinski definition) is 2. The lowest BCUT2D eigenvalue weighted by atomic mass is 10.2. The van der Waals surface area contributed by atoms with Crippen LogP contribution in [0.25, 0.3) is 11.5 Å². The van der Waals surface area contributed by atoms with Gasteiger partial charge in [-0.2, -0.15) is 16.7 Å². The number of phenolic OH excluding ortho intramolecular Hbond substituents is 1. The highest BCUT2D eigenvalue weighted by Crippen LogP contribution is 2.29. The fourth-order valence-electron chi connectivity index (χ4n) is 1.28. The Hall–Kier alpha value is -1.69. The highest BCUT2D eigenvalue weighted by Gasteiger charge is 2.12. The lowest BCUT2D eigenvalue weighted by molar-refractivity contribution is 0.419. The summed E-state index contributed by atoms with van der Waals surface area (Å²) in [7, 11) is 0. The average molecular weight is 237 g/mol. The zero-order chi connectivity index (χ0) is 11.5. The standard InChI is InChI=1S/C10H11N3O2S/c1-16-5-9-12-10(15-13-9)7-3-2-6(11)4-8(7)14/h2-4,14H,5,11H2,1H3. The van der Waals surface area contributed by atoms with Crippen molar-refractivity contribution in [1.29, 1.82) is 0 Å². The van der Waals surface area contributed by atoms with Crippen molar-refractivity contribution >= 4 is 17.4 Å². The minimum atomic E-state index is 0.0411. The van der Waals surface area contributed by atoms with E-state index < -0.39 is 0 Å². The molecule has 0 saturated carbocycles. The number of nitrogens with two attached hydrogens (primary N) is 1. The van der Waals surface area contributed by atoms with Crippen LogP contribution < -0.4 is 5.73 Å². The molecule has 16 heavy (non-hydrogen) atoms. The van der Waals surface area contributed by atoms with Crippen molar-refractivity contribution in [2.24, 2.45) is 0 Å². The third-order valence-electron chi connectivity index (χ3n) is 1.99. The second-order valence-electron chi connectivity index (χ2n) is 3.23. The lowest BCUT2D eigenvalue weighted by Crippen LogP contribution is -1.86. The zero-order valence-corrected chi connectivity index (χ0v) is 9.49. The third-order valence-corrected chi connectivity index (χ3v) is 2.54. The van der Waals surface area contributed by atoms with Crippen molar-refractivity contribution in [3.63, 3.8) is 0 Å². The van der Waals surface area contributed by atoms with E-state index in [0.29, 0.717) is 28.7 Å². The second kappa shape index (κ2) is 4.44. The molecule has 0 aliphatic heterocycles. The van der Waals surface area contributed by atoms with E-state index in [1.807, 2.05) is 6.26 Å². The molecule has 2 rings (SSSR count). The van der Waals surface area contributed by atoms with Crippen molar-refractivity contribution in [2.45, 2.75) is 5.75 Å². The minimum Gasteiger partial charge on any atom is -0.507 e. The first kappa shape index (κ1) is 10.8. The molecule has 2 aromatic rings. The third kappa shape index (κ3) is 2.11. The first-order valence-corrected chi connectivity index (χ1v) is 6.00. The molecule has 0 spiro atoms. The monoisotopic (exact) mass is 237 g/mol. The van der Waals surface area contributed by atoms with E-state index in [-0.39, 0.29) is 5.75 Å². The Kier molecular flexibility index (Phi) is 3.00. The van der Waals surface area contributed by atoms with Gasteiger partial charge in [-0.25, -0.2) is 0 Å². The molecule has 0 bridgehead atoms. The fraction of sp³-hybridized carbons (Fsp3) is 0.200. The highest BCUT2D eigenvalue weighted by molar-refractivity contribution is 7.97. The molecule has 6 heteroatoms. The van der Waals surface area contributed by atoms with Gasteiger partial charge in [0.1, 0.15) is 5.75 Å². The van der Waals surface area contributed by atoms with E-state index in [0.717, 1.165) is 0 Å². The van der Waals surface area contributed by atoms with Crippen LogP contribution in [-0.4, -0.2) is 21.5 Å². The molecular weight excluding hydrogens is 226 g/mol. The summed E-state index contributed by atoms with van der Waals surface area (Å²) in [6, 6.07) is 4.78. The topological polar surface area (TPSA) is 85.2 Å². The summed E-state index contributed by atoms with van der Waals surface area (Å²) < 4.78 is 5.05. The Morgan fingerprint density at radius 2 is 2.31 bits per heavy atom. The summed E-state index contributed by atoms with van der Waals surface area (Å²) in [6.07, 6.45) is 1.96. The Morgan fingerprint density at radius 3 is 3.00 bits per heavy atom. The van der Waals surface area contributed by atoms with Crippen LogP contribution in [0, 0.1) is 0 Å². The maximum atomic E-state index is 9.67. The van der Waals surface area contributed by atoms with Crippen LogP contribution in [0.4, 0.5) is 5.69 Å². The van der Waals surface area contributed by atoms with Gasteiger partial charge in [0.15, 0.2) is 5.82 Å². The van der Waals surface area contributed by atoms with Gasteiger partial charge in [-0.05, 0) is 18.4 Å². The van der Waals surface area contributed by atoms with Gasteiger partial charge in [-0.1, -0.05) is 5.16 Å². The van der Waals surface area contributed by atoms with Gasteiger partial charge in [0.25, 0.3) is 5.89 Å². The van der Waals surface area contributed by atoms with Crippen LogP contribution in [0.1, 0.15) is 5.82 Å². The largest absolute Gasteiger partial charge is 0.507 e. The first-order chi connectivity index (χ1) is 7.70. The Labute approximate surface area is 96.7 Å². The number of nitrogen functional groups attached to an aromatic ring is 1. The number of aromatic nitrogens is 2. The maximum Gasteiger partial charge on any atom is 0.261 e. The molecule has 0 unspecified atom stereocenters. The van der Waals surface area contributed by atoms with Crippen LogP contribution >= 0.6 is 11.8 Å². The molecule has 0 amide bonds.